The van der Waals surface area contributed by atoms with Crippen LogP contribution in [0.5, 0.6) is 0 Å². The van der Waals surface area contributed by atoms with E-state index in [1.165, 1.54) is 0 Å². The van der Waals surface area contributed by atoms with Crippen molar-refractivity contribution in [1.29, 1.82) is 0 Å². The number of carbonyl (C=O) groups excluding carboxylic acids is 1. The molecular formula is C6H6O3. The lowest BCUT2D eigenvalue weighted by molar-refractivity contribution is 0.126. The summed E-state index contributed by atoms with van der Waals surface area (Å²) in [5, 5.41) is 0. The number of hydrogen-bond acceptors (Lipinski definition) is 3. The maximum Gasteiger partial charge on any atom is 0.509 e. The Morgan fingerprint density at radius 3 is 3.00 bits per heavy atom. The van der Waals surface area contributed by atoms with Gasteiger partial charge >= 0.3 is 6.16 Å². The molecule has 1 aliphatic heterocycles. The molecule has 0 bridgehead atoms. The van der Waals surface area contributed by atoms with Crippen molar-refractivity contribution in [1.82, 2.24) is 0 Å². The van der Waals surface area contributed by atoms with Crippen molar-refractivity contribution in [2.45, 2.75) is 13.0 Å². The monoisotopic (exact) mass is 126 g/mol. The highest BCUT2D eigenvalue weighted by atomic mass is 16.8. The Balaban J connectivity index is 2.45. The lowest BCUT2D eigenvalue weighted by Gasteiger charge is -1.90. The topological polar surface area (TPSA) is 35.5 Å². The van der Waals surface area contributed by atoms with Gasteiger partial charge in [-0.25, -0.2) is 4.79 Å². The first-order valence-corrected chi connectivity index (χ1v) is 2.58. The summed E-state index contributed by atoms with van der Waals surface area (Å²) in [6, 6.07) is 0. The summed E-state index contributed by atoms with van der Waals surface area (Å²) >= 11 is 0. The van der Waals surface area contributed by atoms with Gasteiger partial charge in [-0.05, 0) is 6.92 Å². The number of ether oxygens (including phenoxy) is 2. The predicted octanol–water partition coefficient (Wildman–Crippen LogP) is 0.545. The summed E-state index contributed by atoms with van der Waals surface area (Å²) in [4.78, 5) is 10.2. The van der Waals surface area contributed by atoms with Gasteiger partial charge in [0.15, 0.2) is 6.10 Å². The molecule has 0 N–H and O–H groups in total. The van der Waals surface area contributed by atoms with E-state index in [0.29, 0.717) is 0 Å². The minimum Gasteiger partial charge on any atom is -0.429 e. The minimum absolute atomic E-state index is 0.264. The number of hydrogen-bond donors (Lipinski definition) is 0. The van der Waals surface area contributed by atoms with Gasteiger partial charge in [0.05, 0.1) is 0 Å². The zero-order chi connectivity index (χ0) is 6.69. The molecule has 1 atom stereocenters. The van der Waals surface area contributed by atoms with E-state index in [2.05, 4.69) is 21.3 Å². The first kappa shape index (κ1) is 5.96. The molecule has 0 amide bonds. The Morgan fingerprint density at radius 1 is 1.78 bits per heavy atom. The Bertz CT molecular complexity index is 174. The molecule has 3 nitrogen and oxygen atoms in total. The first-order chi connectivity index (χ1) is 4.33. The summed E-state index contributed by atoms with van der Waals surface area (Å²) in [6.07, 6.45) is -0.967. The van der Waals surface area contributed by atoms with Crippen molar-refractivity contribution in [3.63, 3.8) is 0 Å². The highest BCUT2D eigenvalue weighted by molar-refractivity contribution is 5.62. The average molecular weight is 126 g/mol. The van der Waals surface area contributed by atoms with Gasteiger partial charge in [0.1, 0.15) is 6.61 Å². The largest absolute Gasteiger partial charge is 0.509 e. The lowest BCUT2D eigenvalue weighted by Crippen LogP contribution is -2.05. The summed E-state index contributed by atoms with van der Waals surface area (Å²) in [5.41, 5.74) is 0. The predicted molar refractivity (Wildman–Crippen MR) is 29.7 cm³/mol. The van der Waals surface area contributed by atoms with Gasteiger partial charge in [-0.3, -0.25) is 0 Å². The lowest BCUT2D eigenvalue weighted by atomic mass is 10.4. The Kier molecular flexibility index (Phi) is 1.59. The molecule has 1 unspecified atom stereocenters. The fourth-order valence-corrected chi connectivity index (χ4v) is 0.560. The van der Waals surface area contributed by atoms with Gasteiger partial charge in [-0.2, -0.15) is 0 Å². The summed E-state index contributed by atoms with van der Waals surface area (Å²) in [5.74, 6) is 5.28. The molecule has 0 spiro atoms. The van der Waals surface area contributed by atoms with E-state index in [9.17, 15) is 4.79 Å². The van der Waals surface area contributed by atoms with Crippen LogP contribution in [-0.4, -0.2) is 18.9 Å². The molecule has 3 heteroatoms. The third kappa shape index (κ3) is 1.36. The number of carbonyl (C=O) groups is 1. The fraction of sp³-hybridized carbons (Fsp3) is 0.500. The van der Waals surface area contributed by atoms with E-state index >= 15 is 0 Å². The molecule has 1 heterocycles. The fourth-order valence-electron chi connectivity index (χ4n) is 0.560. The Labute approximate surface area is 52.9 Å². The number of cyclic esters (lactones) is 2. The summed E-state index contributed by atoms with van der Waals surface area (Å²) in [6.45, 7) is 1.95. The van der Waals surface area contributed by atoms with Crippen LogP contribution in [0.25, 0.3) is 0 Å². The average Bonchev–Trinajstić information content (AvgIpc) is 2.17. The normalized spacial score (nSPS) is 23.7. The molecule has 0 radical (unpaired) electrons. The van der Waals surface area contributed by atoms with Crippen LogP contribution in [0, 0.1) is 11.8 Å². The van der Waals surface area contributed by atoms with E-state index in [4.69, 9.17) is 0 Å². The molecule has 0 aromatic rings. The highest BCUT2D eigenvalue weighted by Gasteiger charge is 2.22. The Hall–Kier alpha value is -1.17. The van der Waals surface area contributed by atoms with Crippen LogP contribution in [0.4, 0.5) is 4.79 Å². The molecule has 1 rings (SSSR count). The molecule has 0 saturated carbocycles. The zero-order valence-electron chi connectivity index (χ0n) is 5.01. The van der Waals surface area contributed by atoms with Crippen LogP contribution in [0.2, 0.25) is 0 Å². The molecule has 1 aliphatic rings. The standard InChI is InChI=1S/C6H6O3/c1-2-3-5-4-8-6(7)9-5/h5H,4H2,1H3. The van der Waals surface area contributed by atoms with Crippen molar-refractivity contribution >= 4 is 6.16 Å². The van der Waals surface area contributed by atoms with Crippen LogP contribution in [0.15, 0.2) is 0 Å². The van der Waals surface area contributed by atoms with Crippen LogP contribution in [0.1, 0.15) is 6.92 Å². The molecule has 9 heavy (non-hydrogen) atoms. The van der Waals surface area contributed by atoms with Gasteiger partial charge < -0.3 is 9.47 Å². The second-order valence-electron chi connectivity index (χ2n) is 1.56. The maximum absolute atomic E-state index is 10.2. The number of rotatable bonds is 0. The van der Waals surface area contributed by atoms with E-state index in [1.807, 2.05) is 0 Å². The molecule has 0 aromatic heterocycles. The molecule has 0 aliphatic carbocycles. The van der Waals surface area contributed by atoms with E-state index in [1.54, 1.807) is 6.92 Å². The van der Waals surface area contributed by atoms with Crippen molar-refractivity contribution < 1.29 is 14.3 Å². The van der Waals surface area contributed by atoms with Crippen molar-refractivity contribution in [2.75, 3.05) is 6.61 Å². The van der Waals surface area contributed by atoms with Gasteiger partial charge in [0.25, 0.3) is 0 Å². The van der Waals surface area contributed by atoms with E-state index in [-0.39, 0.29) is 12.7 Å². The van der Waals surface area contributed by atoms with Crippen molar-refractivity contribution in [3.05, 3.63) is 0 Å². The molecule has 1 fully saturated rings. The van der Waals surface area contributed by atoms with Gasteiger partial charge in [0.2, 0.25) is 0 Å². The molecular weight excluding hydrogens is 120 g/mol. The van der Waals surface area contributed by atoms with Crippen LogP contribution >= 0.6 is 0 Å². The molecule has 0 aromatic carbocycles. The summed E-state index contributed by atoms with van der Waals surface area (Å²) in [7, 11) is 0. The third-order valence-corrected chi connectivity index (χ3v) is 0.896. The van der Waals surface area contributed by atoms with Crippen LogP contribution in [-0.2, 0) is 9.47 Å². The minimum atomic E-state index is -0.622. The quantitative estimate of drug-likeness (QED) is 0.351. The van der Waals surface area contributed by atoms with Crippen LogP contribution in [0.3, 0.4) is 0 Å². The maximum atomic E-state index is 10.2. The SMILES string of the molecule is CC#CC1COC(=O)O1. The van der Waals surface area contributed by atoms with E-state index in [0.717, 1.165) is 0 Å². The third-order valence-electron chi connectivity index (χ3n) is 0.896. The van der Waals surface area contributed by atoms with Crippen molar-refractivity contribution in [2.24, 2.45) is 0 Å². The molecule has 1 saturated heterocycles. The summed E-state index contributed by atoms with van der Waals surface area (Å²) < 4.78 is 9.02. The van der Waals surface area contributed by atoms with Gasteiger partial charge in [-0.1, -0.05) is 5.92 Å². The smallest absolute Gasteiger partial charge is 0.429 e. The van der Waals surface area contributed by atoms with Crippen LogP contribution < -0.4 is 0 Å². The van der Waals surface area contributed by atoms with Crippen molar-refractivity contribution in [3.8, 4) is 11.8 Å². The van der Waals surface area contributed by atoms with Gasteiger partial charge in [0, 0.05) is 0 Å². The Morgan fingerprint density at radius 2 is 2.56 bits per heavy atom. The highest BCUT2D eigenvalue weighted by Crippen LogP contribution is 2.03. The van der Waals surface area contributed by atoms with E-state index < -0.39 is 6.16 Å². The molecule has 48 valence electrons. The second kappa shape index (κ2) is 2.40. The second-order valence-corrected chi connectivity index (χ2v) is 1.56. The van der Waals surface area contributed by atoms with Gasteiger partial charge in [-0.15, -0.1) is 5.92 Å². The first-order valence-electron chi connectivity index (χ1n) is 2.58. The zero-order valence-corrected chi connectivity index (χ0v) is 5.01.